The summed E-state index contributed by atoms with van der Waals surface area (Å²) in [6.07, 6.45) is 0. The molecule has 1 aliphatic heterocycles. The number of aliphatic carboxylic acids is 1. The molecule has 0 bridgehead atoms. The molecule has 1 aromatic heterocycles. The van der Waals surface area contributed by atoms with Gasteiger partial charge in [0, 0.05) is 31.1 Å². The third-order valence-corrected chi connectivity index (χ3v) is 4.73. The number of rotatable bonds is 4. The summed E-state index contributed by atoms with van der Waals surface area (Å²) in [6, 6.07) is 6.78. The molecule has 3 rings (SSSR count). The van der Waals surface area contributed by atoms with Gasteiger partial charge in [-0.2, -0.15) is 11.8 Å². The minimum atomic E-state index is -0.799. The van der Waals surface area contributed by atoms with Crippen molar-refractivity contribution in [3.63, 3.8) is 0 Å². The smallest absolute Gasteiger partial charge is 0.419 e. The third kappa shape index (κ3) is 2.84. The summed E-state index contributed by atoms with van der Waals surface area (Å²) in [5.41, 5.74) is 1.31. The van der Waals surface area contributed by atoms with Gasteiger partial charge in [-0.05, 0) is 12.1 Å². The van der Waals surface area contributed by atoms with E-state index >= 15 is 0 Å². The van der Waals surface area contributed by atoms with Crippen LogP contribution in [0.4, 0.5) is 0 Å². The van der Waals surface area contributed by atoms with Gasteiger partial charge in [-0.3, -0.25) is 14.3 Å². The Labute approximate surface area is 125 Å². The van der Waals surface area contributed by atoms with Crippen molar-refractivity contribution < 1.29 is 14.3 Å². The number of aromatic nitrogens is 1. The Kier molecular flexibility index (Phi) is 4.03. The normalized spacial score (nSPS) is 19.9. The fourth-order valence-electron chi connectivity index (χ4n) is 2.59. The van der Waals surface area contributed by atoms with E-state index in [9.17, 15) is 14.7 Å². The fourth-order valence-corrected chi connectivity index (χ4v) is 3.69. The first kappa shape index (κ1) is 14.2. The van der Waals surface area contributed by atoms with E-state index in [1.807, 2.05) is 23.1 Å². The van der Waals surface area contributed by atoms with Crippen molar-refractivity contribution in [1.29, 1.82) is 0 Å². The first-order valence-corrected chi connectivity index (χ1v) is 7.95. The second kappa shape index (κ2) is 5.95. The number of thioether (sulfide) groups is 1. The molecule has 1 fully saturated rings. The predicted molar refractivity (Wildman–Crippen MR) is 80.8 cm³/mol. The molecule has 112 valence electrons. The van der Waals surface area contributed by atoms with Gasteiger partial charge in [-0.25, -0.2) is 4.79 Å². The molecule has 0 spiro atoms. The van der Waals surface area contributed by atoms with Crippen molar-refractivity contribution >= 4 is 28.8 Å². The molecule has 2 aromatic rings. The van der Waals surface area contributed by atoms with Crippen LogP contribution in [0.1, 0.15) is 0 Å². The number of nitrogens with zero attached hydrogens (tertiary/aromatic N) is 2. The van der Waals surface area contributed by atoms with Crippen LogP contribution in [0.15, 0.2) is 33.5 Å². The second-order valence-corrected chi connectivity index (χ2v) is 6.10. The van der Waals surface area contributed by atoms with E-state index in [0.29, 0.717) is 24.4 Å². The van der Waals surface area contributed by atoms with E-state index in [0.717, 1.165) is 17.8 Å². The highest BCUT2D eigenvalue weighted by atomic mass is 32.2. The summed E-state index contributed by atoms with van der Waals surface area (Å²) >= 11 is 1.65. The van der Waals surface area contributed by atoms with Crippen molar-refractivity contribution in [2.24, 2.45) is 0 Å². The van der Waals surface area contributed by atoms with Crippen LogP contribution in [0, 0.1) is 0 Å². The topological polar surface area (TPSA) is 75.7 Å². The van der Waals surface area contributed by atoms with Crippen LogP contribution in [-0.2, 0) is 11.3 Å². The van der Waals surface area contributed by atoms with Crippen LogP contribution in [0.3, 0.4) is 0 Å². The van der Waals surface area contributed by atoms with E-state index in [4.69, 9.17) is 4.42 Å². The number of carboxylic acids is 1. The van der Waals surface area contributed by atoms with Gasteiger partial charge in [0.2, 0.25) is 0 Å². The average molecular weight is 308 g/mol. The number of oxazole rings is 1. The zero-order valence-corrected chi connectivity index (χ0v) is 12.2. The van der Waals surface area contributed by atoms with Crippen molar-refractivity contribution in [1.82, 2.24) is 9.47 Å². The average Bonchev–Trinajstić information content (AvgIpc) is 2.81. The van der Waals surface area contributed by atoms with E-state index in [1.54, 1.807) is 22.4 Å². The Hall–Kier alpha value is -1.73. The lowest BCUT2D eigenvalue weighted by Gasteiger charge is -2.32. The molecule has 2 heterocycles. The maximum absolute atomic E-state index is 11.9. The fraction of sp³-hybridized carbons (Fsp3) is 0.429. The van der Waals surface area contributed by atoms with Crippen LogP contribution in [0.25, 0.3) is 11.1 Å². The Morgan fingerprint density at radius 3 is 3.00 bits per heavy atom. The van der Waals surface area contributed by atoms with Crippen LogP contribution in [0.5, 0.6) is 0 Å². The van der Waals surface area contributed by atoms with Crippen molar-refractivity contribution in [2.75, 3.05) is 24.6 Å². The monoisotopic (exact) mass is 308 g/mol. The van der Waals surface area contributed by atoms with Gasteiger partial charge in [0.25, 0.3) is 0 Å². The Morgan fingerprint density at radius 2 is 2.19 bits per heavy atom. The maximum Gasteiger partial charge on any atom is 0.419 e. The molecular formula is C14H16N2O4S. The number of hydrogen-bond acceptors (Lipinski definition) is 5. The summed E-state index contributed by atoms with van der Waals surface area (Å²) < 4.78 is 6.75. The molecule has 0 radical (unpaired) electrons. The number of para-hydroxylation sites is 2. The van der Waals surface area contributed by atoms with Crippen LogP contribution in [0.2, 0.25) is 0 Å². The first-order chi connectivity index (χ1) is 10.2. The van der Waals surface area contributed by atoms with Gasteiger partial charge in [-0.1, -0.05) is 12.1 Å². The van der Waals surface area contributed by atoms with Gasteiger partial charge >= 0.3 is 11.7 Å². The number of fused-ring (bicyclic) bond motifs is 1. The van der Waals surface area contributed by atoms with Crippen molar-refractivity contribution in [3.05, 3.63) is 34.8 Å². The minimum absolute atomic E-state index is 0.394. The zero-order valence-electron chi connectivity index (χ0n) is 11.4. The minimum Gasteiger partial charge on any atom is -0.480 e. The number of carbonyl (C=O) groups is 1. The summed E-state index contributed by atoms with van der Waals surface area (Å²) in [5, 5.41) is 9.25. The number of benzene rings is 1. The van der Waals surface area contributed by atoms with Crippen molar-refractivity contribution in [2.45, 2.75) is 12.6 Å². The van der Waals surface area contributed by atoms with Crippen LogP contribution in [-0.4, -0.2) is 51.2 Å². The molecule has 1 atom stereocenters. The Bertz CT molecular complexity index is 708. The number of carboxylic acid groups (broad SMARTS) is 1. The molecule has 0 aliphatic carbocycles. The molecule has 1 unspecified atom stereocenters. The molecule has 1 N–H and O–H groups in total. The van der Waals surface area contributed by atoms with Gasteiger partial charge in [-0.15, -0.1) is 0 Å². The van der Waals surface area contributed by atoms with Crippen LogP contribution >= 0.6 is 11.8 Å². The quantitative estimate of drug-likeness (QED) is 0.911. The number of hydrogen-bond donors (Lipinski definition) is 1. The summed E-state index contributed by atoms with van der Waals surface area (Å²) in [5.74, 6) is 0.322. The maximum atomic E-state index is 11.9. The van der Waals surface area contributed by atoms with Gasteiger partial charge < -0.3 is 9.52 Å². The molecule has 6 nitrogen and oxygen atoms in total. The zero-order chi connectivity index (χ0) is 14.8. The highest BCUT2D eigenvalue weighted by molar-refractivity contribution is 7.99. The standard InChI is InChI=1S/C14H16N2O4S/c17-13(18)11-9-21-8-7-15(11)5-6-16-10-3-1-2-4-12(10)20-14(16)19/h1-4,11H,5-9H2,(H,17,18). The van der Waals surface area contributed by atoms with Gasteiger partial charge in [0.05, 0.1) is 5.52 Å². The Morgan fingerprint density at radius 1 is 1.38 bits per heavy atom. The van der Waals surface area contributed by atoms with E-state index in [-0.39, 0.29) is 0 Å². The molecule has 7 heteroatoms. The SMILES string of the molecule is O=C(O)C1CSCCN1CCn1c(=O)oc2ccccc21. The second-order valence-electron chi connectivity index (χ2n) is 4.95. The Balaban J connectivity index is 1.78. The van der Waals surface area contributed by atoms with E-state index in [1.165, 1.54) is 0 Å². The highest BCUT2D eigenvalue weighted by Gasteiger charge is 2.28. The highest BCUT2D eigenvalue weighted by Crippen LogP contribution is 2.17. The molecule has 0 amide bonds. The summed E-state index contributed by atoms with van der Waals surface area (Å²) in [4.78, 5) is 25.1. The lowest BCUT2D eigenvalue weighted by atomic mass is 10.2. The largest absolute Gasteiger partial charge is 0.480 e. The molecule has 21 heavy (non-hydrogen) atoms. The molecular weight excluding hydrogens is 292 g/mol. The van der Waals surface area contributed by atoms with E-state index < -0.39 is 17.8 Å². The molecule has 1 aromatic carbocycles. The van der Waals surface area contributed by atoms with Crippen molar-refractivity contribution in [3.8, 4) is 0 Å². The molecule has 1 saturated heterocycles. The molecule has 0 saturated carbocycles. The lowest BCUT2D eigenvalue weighted by Crippen LogP contribution is -2.48. The van der Waals surface area contributed by atoms with Gasteiger partial charge in [0.1, 0.15) is 6.04 Å². The van der Waals surface area contributed by atoms with E-state index in [2.05, 4.69) is 0 Å². The predicted octanol–water partition coefficient (Wildman–Crippen LogP) is 1.10. The molecule has 1 aliphatic rings. The summed E-state index contributed by atoms with van der Waals surface area (Å²) in [6.45, 7) is 1.69. The van der Waals surface area contributed by atoms with Gasteiger partial charge in [0.15, 0.2) is 5.58 Å². The summed E-state index contributed by atoms with van der Waals surface area (Å²) in [7, 11) is 0. The van der Waals surface area contributed by atoms with Crippen LogP contribution < -0.4 is 5.76 Å². The first-order valence-electron chi connectivity index (χ1n) is 6.80. The lowest BCUT2D eigenvalue weighted by molar-refractivity contribution is -0.142. The third-order valence-electron chi connectivity index (χ3n) is 3.71.